The van der Waals surface area contributed by atoms with E-state index in [4.69, 9.17) is 9.47 Å². The highest BCUT2D eigenvalue weighted by molar-refractivity contribution is 14.0. The van der Waals surface area contributed by atoms with Crippen LogP contribution >= 0.6 is 24.0 Å². The summed E-state index contributed by atoms with van der Waals surface area (Å²) in [4.78, 5) is 6.84. The highest BCUT2D eigenvalue weighted by atomic mass is 127. The van der Waals surface area contributed by atoms with Crippen LogP contribution in [0.3, 0.4) is 0 Å². The van der Waals surface area contributed by atoms with Crippen molar-refractivity contribution in [1.82, 2.24) is 15.5 Å². The van der Waals surface area contributed by atoms with Crippen LogP contribution in [0.25, 0.3) is 0 Å². The quantitative estimate of drug-likeness (QED) is 0.186. The Bertz CT molecular complexity index is 715. The van der Waals surface area contributed by atoms with Gasteiger partial charge in [0.15, 0.2) is 15.8 Å². The number of halogens is 1. The van der Waals surface area contributed by atoms with Crippen LogP contribution in [0, 0.1) is 0 Å². The van der Waals surface area contributed by atoms with Gasteiger partial charge in [0, 0.05) is 45.9 Å². The first-order valence-corrected chi connectivity index (χ1v) is 12.0. The van der Waals surface area contributed by atoms with Crippen LogP contribution in [0.5, 0.6) is 5.75 Å². The fraction of sp³-hybridized carbons (Fsp3) is 0.650. The van der Waals surface area contributed by atoms with Gasteiger partial charge in [-0.05, 0) is 31.0 Å². The average Bonchev–Trinajstić information content (AvgIpc) is 2.73. The molecule has 0 bridgehead atoms. The van der Waals surface area contributed by atoms with E-state index in [9.17, 15) is 8.42 Å². The minimum atomic E-state index is -2.84. The number of benzene rings is 1. The van der Waals surface area contributed by atoms with Gasteiger partial charge in [-0.1, -0.05) is 12.1 Å². The normalized spacial score (nSPS) is 16.5. The molecule has 1 aliphatic rings. The molecular weight excluding hydrogens is 519 g/mol. The Labute approximate surface area is 197 Å². The Kier molecular flexibility index (Phi) is 13.3. The van der Waals surface area contributed by atoms with E-state index in [0.717, 1.165) is 50.0 Å². The summed E-state index contributed by atoms with van der Waals surface area (Å²) in [7, 11) is -1.19. The second-order valence-electron chi connectivity index (χ2n) is 6.91. The van der Waals surface area contributed by atoms with Gasteiger partial charge >= 0.3 is 0 Å². The van der Waals surface area contributed by atoms with Gasteiger partial charge in [-0.2, -0.15) is 0 Å². The zero-order chi connectivity index (χ0) is 21.0. The first-order chi connectivity index (χ1) is 14.0. The van der Waals surface area contributed by atoms with Crippen molar-refractivity contribution in [3.05, 3.63) is 29.8 Å². The number of aliphatic imine (C=N–C) groups is 1. The molecule has 0 saturated carbocycles. The summed E-state index contributed by atoms with van der Waals surface area (Å²) in [5.74, 6) is 2.08. The van der Waals surface area contributed by atoms with Crippen molar-refractivity contribution in [3.8, 4) is 5.75 Å². The highest BCUT2D eigenvalue weighted by Gasteiger charge is 2.20. The van der Waals surface area contributed by atoms with E-state index in [2.05, 4.69) is 20.5 Å². The maximum atomic E-state index is 11.5. The summed E-state index contributed by atoms with van der Waals surface area (Å²) in [6, 6.07) is 7.86. The molecule has 1 aliphatic heterocycles. The van der Waals surface area contributed by atoms with E-state index < -0.39 is 9.84 Å². The van der Waals surface area contributed by atoms with Crippen molar-refractivity contribution >= 4 is 39.8 Å². The summed E-state index contributed by atoms with van der Waals surface area (Å²) in [5.41, 5.74) is 1.10. The number of guanidine groups is 1. The standard InChI is InChI=1S/C20H34N4O4S.HI/c1-3-28-14-4-9-21-20(23-17-18-5-7-19(27-2)8-6-18)22-10-11-24-12-15-29(25,26)16-13-24;/h5-8H,3-4,9-17H2,1-2H3,(H2,21,22,23);1H. The number of hydrogen-bond donors (Lipinski definition) is 2. The Hall–Kier alpha value is -1.11. The molecule has 0 atom stereocenters. The molecular formula is C20H35IN4O4S. The van der Waals surface area contributed by atoms with E-state index in [0.29, 0.717) is 26.2 Å². The van der Waals surface area contributed by atoms with Crippen molar-refractivity contribution in [1.29, 1.82) is 0 Å². The fourth-order valence-electron chi connectivity index (χ4n) is 2.91. The van der Waals surface area contributed by atoms with Gasteiger partial charge in [0.1, 0.15) is 5.75 Å². The number of hydrogen-bond acceptors (Lipinski definition) is 6. The Morgan fingerprint density at radius 1 is 1.13 bits per heavy atom. The maximum Gasteiger partial charge on any atom is 0.191 e. The maximum absolute atomic E-state index is 11.5. The van der Waals surface area contributed by atoms with Crippen LogP contribution in [0.4, 0.5) is 0 Å². The fourth-order valence-corrected chi connectivity index (χ4v) is 4.18. The molecule has 1 aromatic carbocycles. The van der Waals surface area contributed by atoms with Crippen LogP contribution in [-0.4, -0.2) is 83.8 Å². The van der Waals surface area contributed by atoms with Gasteiger partial charge in [0.05, 0.1) is 25.2 Å². The molecule has 172 valence electrons. The molecule has 0 radical (unpaired) electrons. The minimum absolute atomic E-state index is 0. The van der Waals surface area contributed by atoms with Gasteiger partial charge in [-0.15, -0.1) is 24.0 Å². The van der Waals surface area contributed by atoms with Gasteiger partial charge in [-0.3, -0.25) is 4.90 Å². The summed E-state index contributed by atoms with van der Waals surface area (Å²) in [6.45, 7) is 7.47. The number of methoxy groups -OCH3 is 1. The average molecular weight is 554 g/mol. The topological polar surface area (TPSA) is 92.3 Å². The van der Waals surface area contributed by atoms with E-state index in [1.54, 1.807) is 7.11 Å². The summed E-state index contributed by atoms with van der Waals surface area (Å²) in [6.07, 6.45) is 0.904. The largest absolute Gasteiger partial charge is 0.497 e. The second kappa shape index (κ2) is 14.8. The van der Waals surface area contributed by atoms with Gasteiger partial charge in [0.2, 0.25) is 0 Å². The van der Waals surface area contributed by atoms with Gasteiger partial charge in [0.25, 0.3) is 0 Å². The molecule has 10 heteroatoms. The van der Waals surface area contributed by atoms with E-state index >= 15 is 0 Å². The summed E-state index contributed by atoms with van der Waals surface area (Å²) >= 11 is 0. The Balaban J connectivity index is 0.00000450. The Morgan fingerprint density at radius 2 is 1.80 bits per heavy atom. The third-order valence-corrected chi connectivity index (χ3v) is 6.31. The van der Waals surface area contributed by atoms with Crippen LogP contribution in [0.1, 0.15) is 18.9 Å². The second-order valence-corrected chi connectivity index (χ2v) is 9.21. The molecule has 0 aromatic heterocycles. The molecule has 1 saturated heterocycles. The monoisotopic (exact) mass is 554 g/mol. The number of sulfone groups is 1. The van der Waals surface area contributed by atoms with E-state index in [1.165, 1.54) is 0 Å². The summed E-state index contributed by atoms with van der Waals surface area (Å²) < 4.78 is 33.6. The lowest BCUT2D eigenvalue weighted by molar-refractivity contribution is 0.145. The Morgan fingerprint density at radius 3 is 2.43 bits per heavy atom. The molecule has 30 heavy (non-hydrogen) atoms. The zero-order valence-corrected chi connectivity index (χ0v) is 21.1. The van der Waals surface area contributed by atoms with Gasteiger partial charge < -0.3 is 20.1 Å². The SMILES string of the molecule is CCOCCCNC(=NCc1ccc(OC)cc1)NCCN1CCS(=O)(=O)CC1.I. The molecule has 0 amide bonds. The molecule has 1 fully saturated rings. The van der Waals surface area contributed by atoms with E-state index in [-0.39, 0.29) is 35.5 Å². The van der Waals surface area contributed by atoms with Crippen molar-refractivity contribution in [2.45, 2.75) is 19.9 Å². The van der Waals surface area contributed by atoms with Crippen molar-refractivity contribution in [2.24, 2.45) is 4.99 Å². The lowest BCUT2D eigenvalue weighted by Crippen LogP contribution is -2.46. The molecule has 0 aliphatic carbocycles. The van der Waals surface area contributed by atoms with E-state index in [1.807, 2.05) is 31.2 Å². The van der Waals surface area contributed by atoms with Gasteiger partial charge in [-0.25, -0.2) is 13.4 Å². The molecule has 2 N–H and O–H groups in total. The first kappa shape index (κ1) is 26.9. The minimum Gasteiger partial charge on any atom is -0.497 e. The predicted octanol–water partition coefficient (Wildman–Crippen LogP) is 1.51. The van der Waals surface area contributed by atoms with Crippen molar-refractivity contribution in [3.63, 3.8) is 0 Å². The van der Waals surface area contributed by atoms with Crippen LogP contribution < -0.4 is 15.4 Å². The first-order valence-electron chi connectivity index (χ1n) is 10.2. The van der Waals surface area contributed by atoms with Crippen LogP contribution in [-0.2, 0) is 21.1 Å². The molecule has 2 rings (SSSR count). The third kappa shape index (κ3) is 10.8. The number of ether oxygens (including phenoxy) is 2. The molecule has 0 unspecified atom stereocenters. The van der Waals surface area contributed by atoms with Crippen LogP contribution in [0.15, 0.2) is 29.3 Å². The molecule has 0 spiro atoms. The molecule has 8 nitrogen and oxygen atoms in total. The van der Waals surface area contributed by atoms with Crippen LogP contribution in [0.2, 0.25) is 0 Å². The third-order valence-electron chi connectivity index (χ3n) is 4.70. The predicted molar refractivity (Wildman–Crippen MR) is 132 cm³/mol. The van der Waals surface area contributed by atoms with Crippen molar-refractivity contribution < 1.29 is 17.9 Å². The molecule has 1 aromatic rings. The smallest absolute Gasteiger partial charge is 0.191 e. The molecule has 1 heterocycles. The highest BCUT2D eigenvalue weighted by Crippen LogP contribution is 2.11. The summed E-state index contributed by atoms with van der Waals surface area (Å²) in [5, 5.41) is 6.70. The van der Waals surface area contributed by atoms with Crippen molar-refractivity contribution in [2.75, 3.05) is 64.6 Å². The number of nitrogens with zero attached hydrogens (tertiary/aromatic N) is 2. The lowest BCUT2D eigenvalue weighted by atomic mass is 10.2. The number of nitrogens with one attached hydrogen (secondary N) is 2. The number of rotatable bonds is 11. The zero-order valence-electron chi connectivity index (χ0n) is 17.9. The lowest BCUT2D eigenvalue weighted by Gasteiger charge is -2.26.